The molecular formula is C16H17N3. The molecule has 1 unspecified atom stereocenters. The fourth-order valence-corrected chi connectivity index (χ4v) is 2.43. The van der Waals surface area contributed by atoms with Crippen LogP contribution in [-0.2, 0) is 0 Å². The van der Waals surface area contributed by atoms with E-state index in [0.29, 0.717) is 0 Å². The quantitative estimate of drug-likeness (QED) is 0.746. The monoisotopic (exact) mass is 251 g/mol. The number of rotatable bonds is 3. The van der Waals surface area contributed by atoms with Crippen molar-refractivity contribution < 1.29 is 0 Å². The number of aromatic nitrogens is 2. The van der Waals surface area contributed by atoms with Crippen LogP contribution in [0, 0.1) is 0 Å². The van der Waals surface area contributed by atoms with Crippen molar-refractivity contribution in [1.29, 1.82) is 0 Å². The van der Waals surface area contributed by atoms with Gasteiger partial charge in [0.2, 0.25) is 0 Å². The molecule has 96 valence electrons. The van der Waals surface area contributed by atoms with Gasteiger partial charge < -0.3 is 5.73 Å². The number of nitrogens with zero attached hydrogens (tertiary/aromatic N) is 1. The molecule has 3 aromatic rings. The second kappa shape index (κ2) is 4.86. The fourth-order valence-electron chi connectivity index (χ4n) is 2.43. The number of benzene rings is 2. The third kappa shape index (κ3) is 2.02. The fraction of sp³-hybridized carbons (Fsp3) is 0.188. The van der Waals surface area contributed by atoms with Gasteiger partial charge in [0, 0.05) is 17.0 Å². The molecule has 1 atom stereocenters. The maximum absolute atomic E-state index is 6.22. The average molecular weight is 251 g/mol. The standard InChI is InChI=1S/C16H17N3/c1-2-13(17)12-9-6-10-14-15(12)16(19-18-14)11-7-4-3-5-8-11/h3-10,13H,2,17H2,1H3,(H,18,19). The predicted octanol–water partition coefficient (Wildman–Crippen LogP) is 3.64. The summed E-state index contributed by atoms with van der Waals surface area (Å²) >= 11 is 0. The summed E-state index contributed by atoms with van der Waals surface area (Å²) in [6.07, 6.45) is 0.915. The average Bonchev–Trinajstić information content (AvgIpc) is 2.91. The molecule has 0 spiro atoms. The first-order valence-electron chi connectivity index (χ1n) is 6.59. The number of nitrogens with one attached hydrogen (secondary N) is 1. The van der Waals surface area contributed by atoms with Gasteiger partial charge in [-0.1, -0.05) is 49.4 Å². The normalized spacial score (nSPS) is 12.7. The molecule has 0 saturated carbocycles. The number of H-pyrrole nitrogens is 1. The van der Waals surface area contributed by atoms with E-state index in [0.717, 1.165) is 34.1 Å². The van der Waals surface area contributed by atoms with Crippen molar-refractivity contribution in [3.8, 4) is 11.3 Å². The van der Waals surface area contributed by atoms with Crippen LogP contribution in [0.1, 0.15) is 24.9 Å². The highest BCUT2D eigenvalue weighted by Gasteiger charge is 2.15. The molecule has 0 saturated heterocycles. The molecule has 3 N–H and O–H groups in total. The minimum absolute atomic E-state index is 0.0452. The van der Waals surface area contributed by atoms with Crippen molar-refractivity contribution in [2.75, 3.05) is 0 Å². The van der Waals surface area contributed by atoms with Crippen molar-refractivity contribution in [2.24, 2.45) is 5.73 Å². The Bertz CT molecular complexity index is 686. The van der Waals surface area contributed by atoms with Gasteiger partial charge in [-0.05, 0) is 18.1 Å². The smallest absolute Gasteiger partial charge is 0.100 e. The minimum atomic E-state index is 0.0452. The maximum Gasteiger partial charge on any atom is 0.100 e. The van der Waals surface area contributed by atoms with Gasteiger partial charge in [-0.25, -0.2) is 0 Å². The summed E-state index contributed by atoms with van der Waals surface area (Å²) in [5, 5.41) is 8.70. The first kappa shape index (κ1) is 11.9. The molecule has 0 bridgehead atoms. The molecule has 0 aliphatic rings. The Morgan fingerprint density at radius 3 is 2.63 bits per heavy atom. The summed E-state index contributed by atoms with van der Waals surface area (Å²) in [6, 6.07) is 16.4. The maximum atomic E-state index is 6.22. The molecule has 0 aliphatic carbocycles. The number of hydrogen-bond donors (Lipinski definition) is 2. The van der Waals surface area contributed by atoms with Crippen LogP contribution in [0.2, 0.25) is 0 Å². The van der Waals surface area contributed by atoms with Crippen LogP contribution in [0.3, 0.4) is 0 Å². The highest BCUT2D eigenvalue weighted by molar-refractivity contribution is 5.95. The number of nitrogens with two attached hydrogens (primary N) is 1. The van der Waals surface area contributed by atoms with Gasteiger partial charge in [0.05, 0.1) is 5.52 Å². The van der Waals surface area contributed by atoms with Gasteiger partial charge in [-0.2, -0.15) is 5.10 Å². The molecule has 0 aliphatic heterocycles. The molecule has 1 aromatic heterocycles. The Kier molecular flexibility index (Phi) is 3.05. The summed E-state index contributed by atoms with van der Waals surface area (Å²) in [4.78, 5) is 0. The first-order chi connectivity index (χ1) is 9.31. The zero-order valence-electron chi connectivity index (χ0n) is 10.9. The van der Waals surface area contributed by atoms with E-state index in [-0.39, 0.29) is 6.04 Å². The van der Waals surface area contributed by atoms with Crippen LogP contribution in [0.5, 0.6) is 0 Å². The highest BCUT2D eigenvalue weighted by atomic mass is 15.1. The van der Waals surface area contributed by atoms with Crippen molar-refractivity contribution in [1.82, 2.24) is 10.2 Å². The van der Waals surface area contributed by atoms with E-state index >= 15 is 0 Å². The first-order valence-corrected chi connectivity index (χ1v) is 6.59. The molecule has 0 radical (unpaired) electrons. The Hall–Kier alpha value is -2.13. The van der Waals surface area contributed by atoms with Crippen LogP contribution >= 0.6 is 0 Å². The molecule has 3 rings (SSSR count). The van der Waals surface area contributed by atoms with E-state index in [2.05, 4.69) is 35.3 Å². The van der Waals surface area contributed by atoms with Gasteiger partial charge in [0.15, 0.2) is 0 Å². The van der Waals surface area contributed by atoms with E-state index in [4.69, 9.17) is 5.73 Å². The lowest BCUT2D eigenvalue weighted by Crippen LogP contribution is -2.08. The van der Waals surface area contributed by atoms with E-state index in [9.17, 15) is 0 Å². The summed E-state index contributed by atoms with van der Waals surface area (Å²) in [5.74, 6) is 0. The van der Waals surface area contributed by atoms with Gasteiger partial charge in [-0.15, -0.1) is 0 Å². The largest absolute Gasteiger partial charge is 0.324 e. The van der Waals surface area contributed by atoms with Crippen molar-refractivity contribution in [3.63, 3.8) is 0 Å². The molecule has 0 fully saturated rings. The molecule has 3 nitrogen and oxygen atoms in total. The Morgan fingerprint density at radius 2 is 1.89 bits per heavy atom. The lowest BCUT2D eigenvalue weighted by Gasteiger charge is -2.11. The summed E-state index contributed by atoms with van der Waals surface area (Å²) in [6.45, 7) is 2.10. The topological polar surface area (TPSA) is 54.7 Å². The second-order valence-corrected chi connectivity index (χ2v) is 4.72. The third-order valence-electron chi connectivity index (χ3n) is 3.51. The molecular weight excluding hydrogens is 234 g/mol. The van der Waals surface area contributed by atoms with Gasteiger partial charge in [-0.3, -0.25) is 5.10 Å². The van der Waals surface area contributed by atoms with Crippen molar-refractivity contribution in [2.45, 2.75) is 19.4 Å². The summed E-state index contributed by atoms with van der Waals surface area (Å²) < 4.78 is 0. The van der Waals surface area contributed by atoms with Crippen LogP contribution < -0.4 is 5.73 Å². The van der Waals surface area contributed by atoms with E-state index in [1.165, 1.54) is 0 Å². The Balaban J connectivity index is 2.27. The summed E-state index contributed by atoms with van der Waals surface area (Å²) in [7, 11) is 0. The predicted molar refractivity (Wildman–Crippen MR) is 78.7 cm³/mol. The van der Waals surface area contributed by atoms with Gasteiger partial charge in [0.1, 0.15) is 5.69 Å². The zero-order valence-corrected chi connectivity index (χ0v) is 10.9. The van der Waals surface area contributed by atoms with Crippen LogP contribution in [-0.4, -0.2) is 10.2 Å². The van der Waals surface area contributed by atoms with E-state index in [1.807, 2.05) is 30.3 Å². The number of aromatic amines is 1. The molecule has 2 aromatic carbocycles. The Labute approximate surface area is 112 Å². The van der Waals surface area contributed by atoms with Crippen LogP contribution in [0.25, 0.3) is 22.2 Å². The van der Waals surface area contributed by atoms with E-state index < -0.39 is 0 Å². The van der Waals surface area contributed by atoms with Gasteiger partial charge >= 0.3 is 0 Å². The SMILES string of the molecule is CCC(N)c1cccc2[nH]nc(-c3ccccc3)c12. The van der Waals surface area contributed by atoms with E-state index in [1.54, 1.807) is 0 Å². The van der Waals surface area contributed by atoms with Crippen molar-refractivity contribution in [3.05, 3.63) is 54.1 Å². The molecule has 19 heavy (non-hydrogen) atoms. The van der Waals surface area contributed by atoms with Crippen LogP contribution in [0.15, 0.2) is 48.5 Å². The molecule has 1 heterocycles. The molecule has 3 heteroatoms. The Morgan fingerprint density at radius 1 is 1.11 bits per heavy atom. The lowest BCUT2D eigenvalue weighted by molar-refractivity contribution is 0.704. The lowest BCUT2D eigenvalue weighted by atomic mass is 9.97. The number of fused-ring (bicyclic) bond motifs is 1. The molecule has 0 amide bonds. The second-order valence-electron chi connectivity index (χ2n) is 4.72. The number of hydrogen-bond acceptors (Lipinski definition) is 2. The summed E-state index contributed by atoms with van der Waals surface area (Å²) in [5.41, 5.74) is 10.5. The zero-order chi connectivity index (χ0) is 13.2. The minimum Gasteiger partial charge on any atom is -0.324 e. The van der Waals surface area contributed by atoms with Gasteiger partial charge in [0.25, 0.3) is 0 Å². The third-order valence-corrected chi connectivity index (χ3v) is 3.51. The van der Waals surface area contributed by atoms with Crippen LogP contribution in [0.4, 0.5) is 0 Å². The highest BCUT2D eigenvalue weighted by Crippen LogP contribution is 2.32. The van der Waals surface area contributed by atoms with Crippen molar-refractivity contribution >= 4 is 10.9 Å².